The summed E-state index contributed by atoms with van der Waals surface area (Å²) in [6, 6.07) is 0. The number of aliphatic hydroxyl groups excluding tert-OH is 1. The third-order valence-electron chi connectivity index (χ3n) is 2.68. The number of esters is 1. The van der Waals surface area contributed by atoms with Gasteiger partial charge in [-0.1, -0.05) is 13.8 Å². The molecule has 4 heteroatoms. The van der Waals surface area contributed by atoms with Gasteiger partial charge in [-0.05, 0) is 32.7 Å². The Morgan fingerprint density at radius 2 is 2.13 bits per heavy atom. The fraction of sp³-hybridized carbons (Fsp3) is 0.909. The van der Waals surface area contributed by atoms with Gasteiger partial charge in [0.15, 0.2) is 0 Å². The van der Waals surface area contributed by atoms with E-state index in [0.717, 1.165) is 0 Å². The predicted octanol–water partition coefficient (Wildman–Crippen LogP) is 0.936. The van der Waals surface area contributed by atoms with E-state index in [1.54, 1.807) is 6.92 Å². The second kappa shape index (κ2) is 6.80. The lowest BCUT2D eigenvalue weighted by atomic mass is 9.88. The Kier molecular flexibility index (Phi) is 6.52. The van der Waals surface area contributed by atoms with Gasteiger partial charge in [0.2, 0.25) is 0 Å². The number of nitrogens with one attached hydrogen (secondary N) is 1. The molecule has 1 unspecified atom stereocenters. The first-order valence-electron chi connectivity index (χ1n) is 5.52. The van der Waals surface area contributed by atoms with Crippen LogP contribution in [0, 0.1) is 5.92 Å². The minimum absolute atomic E-state index is 0.129. The lowest BCUT2D eigenvalue weighted by Gasteiger charge is -2.32. The Balaban J connectivity index is 4.37. The quantitative estimate of drug-likeness (QED) is 0.492. The fourth-order valence-corrected chi connectivity index (χ4v) is 1.22. The highest BCUT2D eigenvalue weighted by Crippen LogP contribution is 2.18. The summed E-state index contributed by atoms with van der Waals surface area (Å²) in [5.74, 6) is -0.0758. The normalized spacial score (nSPS) is 15.1. The van der Waals surface area contributed by atoms with E-state index in [0.29, 0.717) is 19.6 Å². The average Bonchev–Trinajstić information content (AvgIpc) is 2.18. The highest BCUT2D eigenvalue weighted by atomic mass is 16.5. The summed E-state index contributed by atoms with van der Waals surface area (Å²) < 4.78 is 5.04. The maximum atomic E-state index is 11.8. The molecule has 0 aliphatic heterocycles. The van der Waals surface area contributed by atoms with Crippen molar-refractivity contribution in [2.75, 3.05) is 19.8 Å². The molecule has 0 aromatic rings. The van der Waals surface area contributed by atoms with Crippen molar-refractivity contribution < 1.29 is 14.6 Å². The van der Waals surface area contributed by atoms with Gasteiger partial charge >= 0.3 is 5.97 Å². The van der Waals surface area contributed by atoms with Crippen LogP contribution in [0.4, 0.5) is 0 Å². The SMILES string of the molecule is CCOC(=O)C(C)(NCCCO)C(C)C. The molecule has 0 fully saturated rings. The molecule has 0 bridgehead atoms. The third kappa shape index (κ3) is 4.18. The van der Waals surface area contributed by atoms with Crippen molar-refractivity contribution >= 4 is 5.97 Å². The third-order valence-corrected chi connectivity index (χ3v) is 2.68. The van der Waals surface area contributed by atoms with Gasteiger partial charge < -0.3 is 15.2 Å². The Morgan fingerprint density at radius 1 is 1.53 bits per heavy atom. The molecular weight excluding hydrogens is 194 g/mol. The first-order chi connectivity index (χ1) is 6.99. The van der Waals surface area contributed by atoms with Crippen molar-refractivity contribution in [1.29, 1.82) is 0 Å². The zero-order valence-electron chi connectivity index (χ0n) is 10.2. The van der Waals surface area contributed by atoms with Crippen LogP contribution >= 0.6 is 0 Å². The van der Waals surface area contributed by atoms with E-state index in [2.05, 4.69) is 5.32 Å². The highest BCUT2D eigenvalue weighted by Gasteiger charge is 2.37. The van der Waals surface area contributed by atoms with Crippen LogP contribution in [0.2, 0.25) is 0 Å². The summed E-state index contributed by atoms with van der Waals surface area (Å²) in [6.07, 6.45) is 0.641. The van der Waals surface area contributed by atoms with Crippen LogP contribution in [0.15, 0.2) is 0 Å². The van der Waals surface area contributed by atoms with Gasteiger partial charge in [-0.3, -0.25) is 4.79 Å². The van der Waals surface area contributed by atoms with Crippen molar-refractivity contribution in [1.82, 2.24) is 5.32 Å². The molecule has 0 heterocycles. The molecule has 1 atom stereocenters. The standard InChI is InChI=1S/C11H23NO3/c1-5-15-10(14)11(4,9(2)3)12-7-6-8-13/h9,12-13H,5-8H2,1-4H3. The molecule has 2 N–H and O–H groups in total. The lowest BCUT2D eigenvalue weighted by molar-refractivity contribution is -0.152. The van der Waals surface area contributed by atoms with Crippen LogP contribution in [0.5, 0.6) is 0 Å². The van der Waals surface area contributed by atoms with Gasteiger partial charge in [-0.15, -0.1) is 0 Å². The summed E-state index contributed by atoms with van der Waals surface area (Å²) in [4.78, 5) is 11.8. The van der Waals surface area contributed by atoms with E-state index >= 15 is 0 Å². The average molecular weight is 217 g/mol. The molecule has 0 saturated carbocycles. The minimum atomic E-state index is -0.662. The van der Waals surface area contributed by atoms with E-state index in [1.807, 2.05) is 20.8 Å². The molecule has 0 radical (unpaired) electrons. The number of carbonyl (C=O) groups excluding carboxylic acids is 1. The molecule has 0 amide bonds. The lowest BCUT2D eigenvalue weighted by Crippen LogP contribution is -2.54. The zero-order chi connectivity index (χ0) is 11.9. The summed E-state index contributed by atoms with van der Waals surface area (Å²) in [7, 11) is 0. The number of rotatable bonds is 7. The molecule has 4 nitrogen and oxygen atoms in total. The Labute approximate surface area is 92.0 Å². The number of aliphatic hydroxyl groups is 1. The summed E-state index contributed by atoms with van der Waals surface area (Å²) in [5, 5.41) is 11.8. The van der Waals surface area contributed by atoms with Crippen LogP contribution in [0.3, 0.4) is 0 Å². The van der Waals surface area contributed by atoms with Gasteiger partial charge in [0.05, 0.1) is 6.61 Å². The van der Waals surface area contributed by atoms with E-state index in [1.165, 1.54) is 0 Å². The van der Waals surface area contributed by atoms with Gasteiger partial charge in [-0.2, -0.15) is 0 Å². The highest BCUT2D eigenvalue weighted by molar-refractivity contribution is 5.80. The fourth-order valence-electron chi connectivity index (χ4n) is 1.22. The maximum absolute atomic E-state index is 11.8. The van der Waals surface area contributed by atoms with E-state index in [-0.39, 0.29) is 18.5 Å². The molecule has 90 valence electrons. The van der Waals surface area contributed by atoms with E-state index in [4.69, 9.17) is 9.84 Å². The molecule has 0 spiro atoms. The van der Waals surface area contributed by atoms with Crippen LogP contribution in [0.1, 0.15) is 34.1 Å². The van der Waals surface area contributed by atoms with Crippen molar-refractivity contribution in [3.8, 4) is 0 Å². The van der Waals surface area contributed by atoms with Crippen LogP contribution in [-0.4, -0.2) is 36.4 Å². The smallest absolute Gasteiger partial charge is 0.326 e. The molecular formula is C11H23NO3. The van der Waals surface area contributed by atoms with Crippen LogP contribution in [-0.2, 0) is 9.53 Å². The van der Waals surface area contributed by atoms with Gasteiger partial charge in [0.25, 0.3) is 0 Å². The molecule has 0 aromatic carbocycles. The molecule has 0 aromatic heterocycles. The first-order valence-corrected chi connectivity index (χ1v) is 5.52. The van der Waals surface area contributed by atoms with E-state index < -0.39 is 5.54 Å². The van der Waals surface area contributed by atoms with Gasteiger partial charge in [0.1, 0.15) is 5.54 Å². The molecule has 15 heavy (non-hydrogen) atoms. The molecule has 0 saturated heterocycles. The topological polar surface area (TPSA) is 58.6 Å². The summed E-state index contributed by atoms with van der Waals surface area (Å²) >= 11 is 0. The van der Waals surface area contributed by atoms with Crippen LogP contribution < -0.4 is 5.32 Å². The molecule has 0 rings (SSSR count). The monoisotopic (exact) mass is 217 g/mol. The van der Waals surface area contributed by atoms with Crippen molar-refractivity contribution in [2.45, 2.75) is 39.7 Å². The van der Waals surface area contributed by atoms with Crippen molar-refractivity contribution in [3.05, 3.63) is 0 Å². The zero-order valence-corrected chi connectivity index (χ0v) is 10.2. The number of hydrogen-bond acceptors (Lipinski definition) is 4. The molecule has 0 aliphatic carbocycles. The minimum Gasteiger partial charge on any atom is -0.465 e. The summed E-state index contributed by atoms with van der Waals surface area (Å²) in [5.41, 5.74) is -0.662. The van der Waals surface area contributed by atoms with Crippen molar-refractivity contribution in [3.63, 3.8) is 0 Å². The number of carbonyl (C=O) groups is 1. The second-order valence-electron chi connectivity index (χ2n) is 4.08. The predicted molar refractivity (Wildman–Crippen MR) is 59.6 cm³/mol. The Hall–Kier alpha value is -0.610. The summed E-state index contributed by atoms with van der Waals surface area (Å²) in [6.45, 7) is 8.72. The van der Waals surface area contributed by atoms with Crippen LogP contribution in [0.25, 0.3) is 0 Å². The first kappa shape index (κ1) is 14.4. The van der Waals surface area contributed by atoms with Crippen molar-refractivity contribution in [2.24, 2.45) is 5.92 Å². The van der Waals surface area contributed by atoms with E-state index in [9.17, 15) is 4.79 Å². The number of ether oxygens (including phenoxy) is 1. The number of hydrogen-bond donors (Lipinski definition) is 2. The maximum Gasteiger partial charge on any atom is 0.326 e. The second-order valence-corrected chi connectivity index (χ2v) is 4.08. The Bertz CT molecular complexity index is 194. The largest absolute Gasteiger partial charge is 0.465 e. The molecule has 0 aliphatic rings. The Morgan fingerprint density at radius 3 is 2.53 bits per heavy atom. The van der Waals surface area contributed by atoms with Gasteiger partial charge in [0, 0.05) is 6.61 Å². The van der Waals surface area contributed by atoms with Gasteiger partial charge in [-0.25, -0.2) is 0 Å².